The summed E-state index contributed by atoms with van der Waals surface area (Å²) in [5.41, 5.74) is 0.683. The van der Waals surface area contributed by atoms with Crippen molar-refractivity contribution in [1.82, 2.24) is 10.2 Å². The van der Waals surface area contributed by atoms with Crippen LogP contribution in [0.1, 0.15) is 19.4 Å². The van der Waals surface area contributed by atoms with Crippen molar-refractivity contribution in [2.24, 2.45) is 0 Å². The molecule has 3 aromatic carbocycles. The van der Waals surface area contributed by atoms with Crippen LogP contribution in [0.15, 0.2) is 77.7 Å². The number of carbonyl (C=O) groups is 2. The summed E-state index contributed by atoms with van der Waals surface area (Å²) in [6, 6.07) is 17.9. The molecule has 3 aromatic rings. The highest BCUT2D eigenvalue weighted by atomic mass is 35.5. The lowest BCUT2D eigenvalue weighted by atomic mass is 10.1. The number of sulfonamides is 1. The molecule has 0 fully saturated rings. The number of hydrogen-bond acceptors (Lipinski definition) is 4. The van der Waals surface area contributed by atoms with Gasteiger partial charge in [0.1, 0.15) is 12.6 Å². The summed E-state index contributed by atoms with van der Waals surface area (Å²) in [5.74, 6) is -1.02. The van der Waals surface area contributed by atoms with E-state index in [0.29, 0.717) is 27.2 Å². The van der Waals surface area contributed by atoms with Crippen molar-refractivity contribution in [3.8, 4) is 0 Å². The molecule has 7 nitrogen and oxygen atoms in total. The molecule has 1 atom stereocenters. The maximum absolute atomic E-state index is 13.8. The normalized spacial score (nSPS) is 12.0. The minimum absolute atomic E-state index is 0.00947. The standard InChI is InChI=1S/C26H26Cl3N3O4S/c1-3-30-26(34)18(2)31(16-22-23(28)10-7-11-24(22)29)25(33)17-32(20-14-12-19(27)13-15-20)37(35,36)21-8-5-4-6-9-21/h4-15,18H,3,16-17H2,1-2H3,(H,30,34)/t18-/m0/s1. The minimum atomic E-state index is -4.15. The van der Waals surface area contributed by atoms with Gasteiger partial charge in [0, 0.05) is 33.7 Å². The first-order valence-electron chi connectivity index (χ1n) is 11.4. The molecular formula is C26H26Cl3N3O4S. The van der Waals surface area contributed by atoms with Gasteiger partial charge in [0.25, 0.3) is 10.0 Å². The van der Waals surface area contributed by atoms with Crippen LogP contribution in [-0.2, 0) is 26.2 Å². The Hall–Kier alpha value is -2.78. The fourth-order valence-electron chi connectivity index (χ4n) is 3.61. The molecule has 37 heavy (non-hydrogen) atoms. The van der Waals surface area contributed by atoms with Crippen molar-refractivity contribution in [3.63, 3.8) is 0 Å². The molecule has 2 amide bonds. The highest BCUT2D eigenvalue weighted by Gasteiger charge is 2.33. The summed E-state index contributed by atoms with van der Waals surface area (Å²) < 4.78 is 28.3. The molecule has 0 saturated carbocycles. The lowest BCUT2D eigenvalue weighted by molar-refractivity contribution is -0.139. The molecule has 0 spiro atoms. The number of amides is 2. The second-order valence-corrected chi connectivity index (χ2v) is 11.2. The largest absolute Gasteiger partial charge is 0.355 e. The SMILES string of the molecule is CCNC(=O)[C@H](C)N(Cc1c(Cl)cccc1Cl)C(=O)CN(c1ccc(Cl)cc1)S(=O)(=O)c1ccccc1. The van der Waals surface area contributed by atoms with Crippen LogP contribution in [0.4, 0.5) is 5.69 Å². The van der Waals surface area contributed by atoms with Gasteiger partial charge in [-0.25, -0.2) is 8.42 Å². The Morgan fingerprint density at radius 1 is 0.892 bits per heavy atom. The Balaban J connectivity index is 2.05. The van der Waals surface area contributed by atoms with Gasteiger partial charge in [-0.2, -0.15) is 0 Å². The summed E-state index contributed by atoms with van der Waals surface area (Å²) in [7, 11) is -4.15. The van der Waals surface area contributed by atoms with Crippen molar-refractivity contribution in [2.45, 2.75) is 31.3 Å². The molecule has 0 radical (unpaired) electrons. The van der Waals surface area contributed by atoms with Crippen LogP contribution in [0.5, 0.6) is 0 Å². The van der Waals surface area contributed by atoms with Gasteiger partial charge in [-0.15, -0.1) is 0 Å². The molecule has 0 aliphatic carbocycles. The second-order valence-electron chi connectivity index (χ2n) is 8.09. The molecule has 1 N–H and O–H groups in total. The number of benzene rings is 3. The zero-order chi connectivity index (χ0) is 27.2. The van der Waals surface area contributed by atoms with Crippen LogP contribution in [0.25, 0.3) is 0 Å². The summed E-state index contributed by atoms with van der Waals surface area (Å²) >= 11 is 18.7. The van der Waals surface area contributed by atoms with Crippen molar-refractivity contribution in [1.29, 1.82) is 0 Å². The van der Waals surface area contributed by atoms with E-state index in [-0.39, 0.29) is 17.1 Å². The highest BCUT2D eigenvalue weighted by Crippen LogP contribution is 2.28. The zero-order valence-electron chi connectivity index (χ0n) is 20.2. The number of carbonyl (C=O) groups excluding carboxylic acids is 2. The Labute approximate surface area is 232 Å². The highest BCUT2D eigenvalue weighted by molar-refractivity contribution is 7.92. The summed E-state index contributed by atoms with van der Waals surface area (Å²) in [4.78, 5) is 27.8. The average molecular weight is 583 g/mol. The van der Waals surface area contributed by atoms with Crippen molar-refractivity contribution in [2.75, 3.05) is 17.4 Å². The van der Waals surface area contributed by atoms with Gasteiger partial charge >= 0.3 is 0 Å². The van der Waals surface area contributed by atoms with E-state index in [9.17, 15) is 18.0 Å². The number of nitrogens with one attached hydrogen (secondary N) is 1. The first kappa shape index (κ1) is 28.8. The van der Waals surface area contributed by atoms with E-state index in [0.717, 1.165) is 4.31 Å². The van der Waals surface area contributed by atoms with Crippen LogP contribution in [0.3, 0.4) is 0 Å². The lowest BCUT2D eigenvalue weighted by Gasteiger charge is -2.32. The molecule has 0 aliphatic heterocycles. The maximum Gasteiger partial charge on any atom is 0.264 e. The van der Waals surface area contributed by atoms with Gasteiger partial charge in [-0.05, 0) is 62.4 Å². The first-order chi connectivity index (χ1) is 17.6. The number of halogens is 3. The van der Waals surface area contributed by atoms with Gasteiger partial charge in [0.15, 0.2) is 0 Å². The molecule has 11 heteroatoms. The van der Waals surface area contributed by atoms with E-state index in [1.165, 1.54) is 41.3 Å². The van der Waals surface area contributed by atoms with E-state index in [4.69, 9.17) is 34.8 Å². The summed E-state index contributed by atoms with van der Waals surface area (Å²) in [6.07, 6.45) is 0. The molecule has 0 saturated heterocycles. The van der Waals surface area contributed by atoms with Gasteiger partial charge in [-0.3, -0.25) is 13.9 Å². The monoisotopic (exact) mass is 581 g/mol. The number of anilines is 1. The van der Waals surface area contributed by atoms with E-state index >= 15 is 0 Å². The molecule has 0 bridgehead atoms. The third kappa shape index (κ3) is 6.96. The van der Waals surface area contributed by atoms with Crippen LogP contribution < -0.4 is 9.62 Å². The molecule has 0 unspecified atom stereocenters. The van der Waals surface area contributed by atoms with Crippen LogP contribution in [0, 0.1) is 0 Å². The fraction of sp³-hybridized carbons (Fsp3) is 0.231. The van der Waals surface area contributed by atoms with E-state index in [1.807, 2.05) is 0 Å². The molecule has 3 rings (SSSR count). The predicted molar refractivity (Wildman–Crippen MR) is 148 cm³/mol. The van der Waals surface area contributed by atoms with Crippen LogP contribution in [-0.4, -0.2) is 44.3 Å². The van der Waals surface area contributed by atoms with Crippen LogP contribution in [0.2, 0.25) is 15.1 Å². The second kappa shape index (κ2) is 12.6. The smallest absolute Gasteiger partial charge is 0.264 e. The van der Waals surface area contributed by atoms with E-state index in [1.54, 1.807) is 50.2 Å². The maximum atomic E-state index is 13.8. The van der Waals surface area contributed by atoms with Crippen molar-refractivity contribution >= 4 is 62.3 Å². The van der Waals surface area contributed by atoms with Crippen LogP contribution >= 0.6 is 34.8 Å². The van der Waals surface area contributed by atoms with Gasteiger partial charge in [-0.1, -0.05) is 59.1 Å². The molecule has 0 aliphatic rings. The quantitative estimate of drug-likeness (QED) is 0.347. The fourth-order valence-corrected chi connectivity index (χ4v) is 5.69. The first-order valence-corrected chi connectivity index (χ1v) is 14.0. The van der Waals surface area contributed by atoms with Gasteiger partial charge < -0.3 is 10.2 Å². The number of nitrogens with zero attached hydrogens (tertiary/aromatic N) is 2. The number of hydrogen-bond donors (Lipinski definition) is 1. The summed E-state index contributed by atoms with van der Waals surface area (Å²) in [6.45, 7) is 3.00. The van der Waals surface area contributed by atoms with E-state index in [2.05, 4.69) is 5.32 Å². The zero-order valence-corrected chi connectivity index (χ0v) is 23.3. The van der Waals surface area contributed by atoms with Crippen molar-refractivity contribution < 1.29 is 18.0 Å². The topological polar surface area (TPSA) is 86.8 Å². The minimum Gasteiger partial charge on any atom is -0.355 e. The Morgan fingerprint density at radius 2 is 1.49 bits per heavy atom. The predicted octanol–water partition coefficient (Wildman–Crippen LogP) is 5.40. The molecule has 0 heterocycles. The van der Waals surface area contributed by atoms with E-state index < -0.39 is 34.4 Å². The molecular weight excluding hydrogens is 557 g/mol. The molecule has 0 aromatic heterocycles. The third-order valence-corrected chi connectivity index (χ3v) is 8.38. The third-order valence-electron chi connectivity index (χ3n) is 5.63. The molecule has 196 valence electrons. The number of likely N-dealkylation sites (N-methyl/N-ethyl adjacent to an activating group) is 1. The lowest BCUT2D eigenvalue weighted by Crippen LogP contribution is -2.51. The summed E-state index contributed by atoms with van der Waals surface area (Å²) in [5, 5.41) is 3.75. The Morgan fingerprint density at radius 3 is 2.05 bits per heavy atom. The Kier molecular flexibility index (Phi) is 9.84. The van der Waals surface area contributed by atoms with Crippen molar-refractivity contribution in [3.05, 3.63) is 93.4 Å². The van der Waals surface area contributed by atoms with Gasteiger partial charge in [0.05, 0.1) is 10.6 Å². The van der Waals surface area contributed by atoms with Gasteiger partial charge in [0.2, 0.25) is 11.8 Å². The Bertz CT molecular complexity index is 1330. The average Bonchev–Trinajstić information content (AvgIpc) is 2.88. The number of rotatable bonds is 10.